The fourth-order valence-electron chi connectivity index (χ4n) is 1.81. The zero-order valence-electron chi connectivity index (χ0n) is 12.6. The predicted molar refractivity (Wildman–Crippen MR) is 90.0 cm³/mol. The van der Waals surface area contributed by atoms with E-state index in [1.807, 2.05) is 12.1 Å². The van der Waals surface area contributed by atoms with Gasteiger partial charge in [-0.1, -0.05) is 24.8 Å². The molecule has 1 aromatic heterocycles. The van der Waals surface area contributed by atoms with Crippen LogP contribution in [0.3, 0.4) is 0 Å². The van der Waals surface area contributed by atoms with Gasteiger partial charge < -0.3 is 14.3 Å². The molecule has 0 amide bonds. The lowest BCUT2D eigenvalue weighted by Gasteiger charge is -2.08. The van der Waals surface area contributed by atoms with Crippen LogP contribution in [-0.2, 0) is 17.6 Å². The van der Waals surface area contributed by atoms with Crippen LogP contribution in [0.15, 0.2) is 32.3 Å². The van der Waals surface area contributed by atoms with Gasteiger partial charge in [-0.3, -0.25) is 4.79 Å². The Morgan fingerprint density at radius 3 is 2.96 bits per heavy atom. The number of carbonyl (C=O) groups is 1. The second-order valence-electron chi connectivity index (χ2n) is 4.71. The second-order valence-corrected chi connectivity index (χ2v) is 6.50. The summed E-state index contributed by atoms with van der Waals surface area (Å²) in [6, 6.07) is 6.06. The molecule has 0 saturated carbocycles. The van der Waals surface area contributed by atoms with Crippen molar-refractivity contribution < 1.29 is 19.1 Å². The molecule has 0 radical (unpaired) electrons. The number of halogens is 1. The summed E-state index contributed by atoms with van der Waals surface area (Å²) in [6.07, 6.45) is 2.30. The van der Waals surface area contributed by atoms with Crippen molar-refractivity contribution in [2.45, 2.75) is 31.4 Å². The van der Waals surface area contributed by atoms with Crippen LogP contribution in [0.5, 0.6) is 5.75 Å². The van der Waals surface area contributed by atoms with Crippen molar-refractivity contribution in [3.8, 4) is 5.75 Å². The smallest absolute Gasteiger partial charge is 0.314 e. The molecule has 1 aromatic carbocycles. The first-order valence-electron chi connectivity index (χ1n) is 7.16. The Balaban J connectivity index is 1.74. The van der Waals surface area contributed by atoms with Crippen LogP contribution < -0.4 is 4.74 Å². The molecule has 8 heteroatoms. The summed E-state index contributed by atoms with van der Waals surface area (Å²) in [5.74, 6) is 0.294. The molecule has 0 spiro atoms. The summed E-state index contributed by atoms with van der Waals surface area (Å²) >= 11 is 4.51. The normalized spacial score (nSPS) is 10.7. The SMILES string of the molecule is CCc1ccc(OCCCc2nnc(SCC(=O)O)o2)c(Br)c1. The molecule has 0 bridgehead atoms. The van der Waals surface area contributed by atoms with Crippen molar-refractivity contribution >= 4 is 33.7 Å². The van der Waals surface area contributed by atoms with Gasteiger partial charge in [0, 0.05) is 6.42 Å². The van der Waals surface area contributed by atoms with E-state index >= 15 is 0 Å². The minimum atomic E-state index is -0.914. The van der Waals surface area contributed by atoms with E-state index in [1.165, 1.54) is 5.56 Å². The molecule has 0 aliphatic rings. The third kappa shape index (κ3) is 5.87. The minimum absolute atomic E-state index is 0.0907. The molecule has 2 rings (SSSR count). The largest absolute Gasteiger partial charge is 0.492 e. The molecular weight excluding hydrogens is 384 g/mol. The number of hydrogen-bond acceptors (Lipinski definition) is 6. The number of thioether (sulfide) groups is 1. The highest BCUT2D eigenvalue weighted by molar-refractivity contribution is 9.10. The van der Waals surface area contributed by atoms with Crippen LogP contribution in [0.25, 0.3) is 0 Å². The van der Waals surface area contributed by atoms with E-state index in [9.17, 15) is 4.79 Å². The van der Waals surface area contributed by atoms with E-state index in [0.29, 0.717) is 18.9 Å². The summed E-state index contributed by atoms with van der Waals surface area (Å²) in [6.45, 7) is 2.64. The maximum atomic E-state index is 10.5. The lowest BCUT2D eigenvalue weighted by Crippen LogP contribution is -2.00. The quantitative estimate of drug-likeness (QED) is 0.508. The lowest BCUT2D eigenvalue weighted by molar-refractivity contribution is -0.133. The first-order valence-corrected chi connectivity index (χ1v) is 8.94. The number of carboxylic acid groups (broad SMARTS) is 1. The Morgan fingerprint density at radius 1 is 1.43 bits per heavy atom. The van der Waals surface area contributed by atoms with E-state index < -0.39 is 5.97 Å². The number of aromatic nitrogens is 2. The molecule has 6 nitrogen and oxygen atoms in total. The standard InChI is InChI=1S/C15H17BrN2O4S/c1-2-10-5-6-12(11(16)8-10)21-7-3-4-13-17-18-15(22-13)23-9-14(19)20/h5-6,8H,2-4,7,9H2,1H3,(H,19,20). The van der Waals surface area contributed by atoms with Crippen molar-refractivity contribution in [2.24, 2.45) is 0 Å². The topological polar surface area (TPSA) is 85.5 Å². The van der Waals surface area contributed by atoms with Gasteiger partial charge in [-0.05, 0) is 46.5 Å². The predicted octanol–water partition coefficient (Wildman–Crippen LogP) is 3.58. The highest BCUT2D eigenvalue weighted by Gasteiger charge is 2.09. The Hall–Kier alpha value is -1.54. The number of hydrogen-bond donors (Lipinski definition) is 1. The fourth-order valence-corrected chi connectivity index (χ4v) is 2.85. The first-order chi connectivity index (χ1) is 11.1. The van der Waals surface area contributed by atoms with Crippen LogP contribution >= 0.6 is 27.7 Å². The van der Waals surface area contributed by atoms with E-state index in [2.05, 4.69) is 39.1 Å². The van der Waals surface area contributed by atoms with Gasteiger partial charge in [-0.15, -0.1) is 10.2 Å². The average molecular weight is 401 g/mol. The van der Waals surface area contributed by atoms with Crippen LogP contribution in [0.4, 0.5) is 0 Å². The van der Waals surface area contributed by atoms with Crippen molar-refractivity contribution in [3.05, 3.63) is 34.1 Å². The summed E-state index contributed by atoms with van der Waals surface area (Å²) in [5, 5.41) is 16.5. The Morgan fingerprint density at radius 2 is 2.26 bits per heavy atom. The molecule has 1 heterocycles. The number of ether oxygens (including phenoxy) is 1. The summed E-state index contributed by atoms with van der Waals surface area (Å²) in [5.41, 5.74) is 1.25. The summed E-state index contributed by atoms with van der Waals surface area (Å²) in [4.78, 5) is 10.5. The van der Waals surface area contributed by atoms with E-state index in [0.717, 1.165) is 34.8 Å². The molecule has 0 saturated heterocycles. The zero-order chi connectivity index (χ0) is 16.7. The molecule has 23 heavy (non-hydrogen) atoms. The number of nitrogens with zero attached hydrogens (tertiary/aromatic N) is 2. The van der Waals surface area contributed by atoms with Gasteiger partial charge in [0.15, 0.2) is 0 Å². The Labute approximate surface area is 146 Å². The highest BCUT2D eigenvalue weighted by Crippen LogP contribution is 2.26. The van der Waals surface area contributed by atoms with Crippen LogP contribution in [0, 0.1) is 0 Å². The van der Waals surface area contributed by atoms with Gasteiger partial charge in [-0.25, -0.2) is 0 Å². The molecule has 1 N–H and O–H groups in total. The fraction of sp³-hybridized carbons (Fsp3) is 0.400. The third-order valence-corrected chi connectivity index (χ3v) is 4.39. The third-order valence-electron chi connectivity index (χ3n) is 2.96. The van der Waals surface area contributed by atoms with Gasteiger partial charge >= 0.3 is 5.97 Å². The highest BCUT2D eigenvalue weighted by atomic mass is 79.9. The minimum Gasteiger partial charge on any atom is -0.492 e. The van der Waals surface area contributed by atoms with E-state index in [4.69, 9.17) is 14.3 Å². The van der Waals surface area contributed by atoms with Gasteiger partial charge in [0.1, 0.15) is 11.5 Å². The van der Waals surface area contributed by atoms with Gasteiger partial charge in [0.2, 0.25) is 5.89 Å². The van der Waals surface area contributed by atoms with Gasteiger partial charge in [0.25, 0.3) is 5.22 Å². The Bertz CT molecular complexity index is 663. The molecule has 0 aliphatic heterocycles. The Kier molecular flexibility index (Phi) is 6.91. The summed E-state index contributed by atoms with van der Waals surface area (Å²) < 4.78 is 12.0. The number of rotatable bonds is 9. The summed E-state index contributed by atoms with van der Waals surface area (Å²) in [7, 11) is 0. The van der Waals surface area contributed by atoms with Crippen LogP contribution in [-0.4, -0.2) is 33.6 Å². The van der Waals surface area contributed by atoms with Crippen molar-refractivity contribution in [3.63, 3.8) is 0 Å². The number of benzene rings is 1. The van der Waals surface area contributed by atoms with Gasteiger partial charge in [-0.2, -0.15) is 0 Å². The molecular formula is C15H17BrN2O4S. The second kappa shape index (κ2) is 8.93. The van der Waals surface area contributed by atoms with Crippen molar-refractivity contribution in [1.29, 1.82) is 0 Å². The molecule has 2 aromatic rings. The maximum Gasteiger partial charge on any atom is 0.314 e. The van der Waals surface area contributed by atoms with Gasteiger partial charge in [0.05, 0.1) is 11.1 Å². The van der Waals surface area contributed by atoms with Crippen molar-refractivity contribution in [1.82, 2.24) is 10.2 Å². The van der Waals surface area contributed by atoms with Crippen LogP contribution in [0.2, 0.25) is 0 Å². The first kappa shape index (κ1) is 17.8. The molecule has 0 atom stereocenters. The van der Waals surface area contributed by atoms with Crippen molar-refractivity contribution in [2.75, 3.05) is 12.4 Å². The number of aryl methyl sites for hydroxylation is 2. The maximum absolute atomic E-state index is 10.5. The molecule has 124 valence electrons. The molecule has 0 aliphatic carbocycles. The number of aliphatic carboxylic acids is 1. The van der Waals surface area contributed by atoms with E-state index in [-0.39, 0.29) is 11.0 Å². The molecule has 0 fully saturated rings. The van der Waals surface area contributed by atoms with Crippen LogP contribution in [0.1, 0.15) is 24.8 Å². The zero-order valence-corrected chi connectivity index (χ0v) is 15.0. The monoisotopic (exact) mass is 400 g/mol. The molecule has 0 unspecified atom stereocenters. The lowest BCUT2D eigenvalue weighted by atomic mass is 10.2. The van der Waals surface area contributed by atoms with E-state index in [1.54, 1.807) is 0 Å². The number of carboxylic acids is 1. The average Bonchev–Trinajstić information content (AvgIpc) is 2.98.